The van der Waals surface area contributed by atoms with Crippen molar-refractivity contribution in [2.45, 2.75) is 233 Å². The van der Waals surface area contributed by atoms with Gasteiger partial charge in [0.2, 0.25) is 0 Å². The van der Waals surface area contributed by atoms with Crippen molar-refractivity contribution < 1.29 is 14.6 Å². The molecule has 0 spiro atoms. The SMILES string of the molecule is CCCCCCCCCC(C)CCCCCCN(CCO)CCCCCCCOC(=O)C(CCCCCCCC)CCCCCCCC. The maximum absolute atomic E-state index is 13.0. The van der Waals surface area contributed by atoms with Crippen LogP contribution in [0.2, 0.25) is 0 Å². The van der Waals surface area contributed by atoms with Gasteiger partial charge < -0.3 is 14.7 Å². The maximum Gasteiger partial charge on any atom is 0.308 e. The Kier molecular flexibility index (Phi) is 38.7. The van der Waals surface area contributed by atoms with E-state index in [0.717, 1.165) is 51.2 Å². The van der Waals surface area contributed by atoms with Crippen LogP contribution in [0.5, 0.6) is 0 Å². The molecule has 0 aromatic heterocycles. The molecule has 1 atom stereocenters. The number of aliphatic hydroxyl groups excluding tert-OH is 1. The van der Waals surface area contributed by atoms with E-state index in [1.165, 1.54) is 180 Å². The van der Waals surface area contributed by atoms with Crippen LogP contribution in [0.15, 0.2) is 0 Å². The zero-order valence-electron chi connectivity index (χ0n) is 33.5. The summed E-state index contributed by atoms with van der Waals surface area (Å²) in [5.74, 6) is 1.08. The summed E-state index contributed by atoms with van der Waals surface area (Å²) in [4.78, 5) is 15.4. The topological polar surface area (TPSA) is 49.8 Å². The molecule has 48 heavy (non-hydrogen) atoms. The van der Waals surface area contributed by atoms with Gasteiger partial charge in [0.25, 0.3) is 0 Å². The van der Waals surface area contributed by atoms with E-state index in [0.29, 0.717) is 6.61 Å². The first-order valence-corrected chi connectivity index (χ1v) is 22.1. The van der Waals surface area contributed by atoms with E-state index in [1.807, 2.05) is 0 Å². The molecule has 1 N–H and O–H groups in total. The van der Waals surface area contributed by atoms with Crippen molar-refractivity contribution in [2.75, 3.05) is 32.8 Å². The number of ether oxygens (including phenoxy) is 1. The third-order valence-corrected chi connectivity index (χ3v) is 10.6. The Morgan fingerprint density at radius 3 is 1.25 bits per heavy atom. The zero-order chi connectivity index (χ0) is 35.2. The van der Waals surface area contributed by atoms with Gasteiger partial charge in [-0.05, 0) is 51.1 Å². The van der Waals surface area contributed by atoms with Gasteiger partial charge in [0, 0.05) is 6.54 Å². The van der Waals surface area contributed by atoms with E-state index in [1.54, 1.807) is 0 Å². The molecule has 0 aromatic rings. The lowest BCUT2D eigenvalue weighted by atomic mass is 9.94. The van der Waals surface area contributed by atoms with Crippen molar-refractivity contribution in [3.8, 4) is 0 Å². The largest absolute Gasteiger partial charge is 0.465 e. The molecule has 4 heteroatoms. The first-order chi connectivity index (χ1) is 23.6. The third kappa shape index (κ3) is 33.9. The van der Waals surface area contributed by atoms with E-state index in [4.69, 9.17) is 4.74 Å². The van der Waals surface area contributed by atoms with Crippen LogP contribution < -0.4 is 0 Å². The van der Waals surface area contributed by atoms with Gasteiger partial charge in [0.05, 0.1) is 19.1 Å². The molecule has 288 valence electrons. The lowest BCUT2D eigenvalue weighted by Gasteiger charge is -2.21. The normalized spacial score (nSPS) is 12.4. The minimum atomic E-state index is 0.0785. The second-order valence-corrected chi connectivity index (χ2v) is 15.5. The lowest BCUT2D eigenvalue weighted by Crippen LogP contribution is -2.29. The fourth-order valence-corrected chi connectivity index (χ4v) is 7.23. The number of esters is 1. The van der Waals surface area contributed by atoms with E-state index in [-0.39, 0.29) is 18.5 Å². The van der Waals surface area contributed by atoms with Crippen LogP contribution in [0.4, 0.5) is 0 Å². The van der Waals surface area contributed by atoms with Crippen LogP contribution in [0.3, 0.4) is 0 Å². The molecule has 0 amide bonds. The van der Waals surface area contributed by atoms with Crippen LogP contribution in [0, 0.1) is 11.8 Å². The summed E-state index contributed by atoms with van der Waals surface area (Å²) in [6, 6.07) is 0. The van der Waals surface area contributed by atoms with Crippen molar-refractivity contribution in [2.24, 2.45) is 11.8 Å². The maximum atomic E-state index is 13.0. The number of carbonyl (C=O) groups excluding carboxylic acids is 1. The molecular formula is C44H89NO3. The van der Waals surface area contributed by atoms with Crippen molar-refractivity contribution >= 4 is 5.97 Å². The molecule has 0 radical (unpaired) electrons. The molecule has 0 fully saturated rings. The van der Waals surface area contributed by atoms with Gasteiger partial charge in [0.1, 0.15) is 0 Å². The molecule has 0 bridgehead atoms. The van der Waals surface area contributed by atoms with Gasteiger partial charge in [-0.25, -0.2) is 0 Å². The molecule has 0 saturated heterocycles. The van der Waals surface area contributed by atoms with E-state index in [2.05, 4.69) is 32.6 Å². The van der Waals surface area contributed by atoms with Crippen LogP contribution in [0.25, 0.3) is 0 Å². The number of carbonyl (C=O) groups is 1. The zero-order valence-corrected chi connectivity index (χ0v) is 33.5. The van der Waals surface area contributed by atoms with Gasteiger partial charge in [-0.2, -0.15) is 0 Å². The van der Waals surface area contributed by atoms with E-state index >= 15 is 0 Å². The second kappa shape index (κ2) is 39.2. The summed E-state index contributed by atoms with van der Waals surface area (Å²) in [6.07, 6.45) is 41.3. The monoisotopic (exact) mass is 680 g/mol. The number of hydrogen-bond donors (Lipinski definition) is 1. The highest BCUT2D eigenvalue weighted by Crippen LogP contribution is 2.22. The highest BCUT2D eigenvalue weighted by atomic mass is 16.5. The van der Waals surface area contributed by atoms with Gasteiger partial charge in [0.15, 0.2) is 0 Å². The summed E-state index contributed by atoms with van der Waals surface area (Å²) < 4.78 is 5.82. The highest BCUT2D eigenvalue weighted by Gasteiger charge is 2.19. The van der Waals surface area contributed by atoms with Gasteiger partial charge in [-0.1, -0.05) is 201 Å². The molecule has 0 saturated carbocycles. The Morgan fingerprint density at radius 1 is 0.479 bits per heavy atom. The van der Waals surface area contributed by atoms with Crippen LogP contribution in [-0.2, 0) is 9.53 Å². The fraction of sp³-hybridized carbons (Fsp3) is 0.977. The van der Waals surface area contributed by atoms with Crippen molar-refractivity contribution in [1.29, 1.82) is 0 Å². The average molecular weight is 680 g/mol. The predicted octanol–water partition coefficient (Wildman–Crippen LogP) is 13.6. The lowest BCUT2D eigenvalue weighted by molar-refractivity contribution is -0.149. The quantitative estimate of drug-likeness (QED) is 0.0517. The minimum absolute atomic E-state index is 0.0785. The van der Waals surface area contributed by atoms with Crippen LogP contribution in [0.1, 0.15) is 233 Å². The Labute approximate surface area is 302 Å². The van der Waals surface area contributed by atoms with E-state index in [9.17, 15) is 9.90 Å². The molecule has 4 nitrogen and oxygen atoms in total. The van der Waals surface area contributed by atoms with Crippen LogP contribution in [-0.4, -0.2) is 48.8 Å². The van der Waals surface area contributed by atoms with Gasteiger partial charge >= 0.3 is 5.97 Å². The summed E-state index contributed by atoms with van der Waals surface area (Å²) >= 11 is 0. The van der Waals surface area contributed by atoms with Crippen molar-refractivity contribution in [3.63, 3.8) is 0 Å². The first kappa shape index (κ1) is 47.4. The summed E-state index contributed by atoms with van der Waals surface area (Å²) in [5.41, 5.74) is 0. The molecule has 0 aliphatic carbocycles. The molecule has 0 heterocycles. The number of aliphatic hydroxyl groups is 1. The summed E-state index contributed by atoms with van der Waals surface area (Å²) in [6.45, 7) is 13.2. The second-order valence-electron chi connectivity index (χ2n) is 15.5. The molecule has 0 rings (SSSR count). The van der Waals surface area contributed by atoms with Gasteiger partial charge in [-0.3, -0.25) is 4.79 Å². The Balaban J connectivity index is 3.97. The minimum Gasteiger partial charge on any atom is -0.465 e. The number of hydrogen-bond acceptors (Lipinski definition) is 4. The van der Waals surface area contributed by atoms with Gasteiger partial charge in [-0.15, -0.1) is 0 Å². The van der Waals surface area contributed by atoms with Crippen molar-refractivity contribution in [3.05, 3.63) is 0 Å². The van der Waals surface area contributed by atoms with E-state index < -0.39 is 0 Å². The first-order valence-electron chi connectivity index (χ1n) is 22.1. The Bertz CT molecular complexity index is 610. The standard InChI is InChI=1S/C44H89NO3/c1-5-8-11-14-17-19-26-33-42(4)34-27-22-24-31-38-45(39-40-46)37-30-23-18-25-32-41-48-44(47)43(35-28-20-15-12-9-6-2)36-29-21-16-13-10-7-3/h42-43,46H,5-41H2,1-4H3. The molecule has 1 unspecified atom stereocenters. The highest BCUT2D eigenvalue weighted by molar-refractivity contribution is 5.72. The molecule has 0 aliphatic rings. The average Bonchev–Trinajstić information content (AvgIpc) is 3.08. The van der Waals surface area contributed by atoms with Crippen LogP contribution >= 0.6 is 0 Å². The molecular weight excluding hydrogens is 590 g/mol. The smallest absolute Gasteiger partial charge is 0.308 e. The summed E-state index contributed by atoms with van der Waals surface area (Å²) in [5, 5.41) is 9.56. The Hall–Kier alpha value is -0.610. The number of rotatable bonds is 40. The molecule has 0 aliphatic heterocycles. The number of nitrogens with zero attached hydrogens (tertiary/aromatic N) is 1. The summed E-state index contributed by atoms with van der Waals surface area (Å²) in [7, 11) is 0. The third-order valence-electron chi connectivity index (χ3n) is 10.6. The number of unbranched alkanes of at least 4 members (excludes halogenated alkanes) is 23. The fourth-order valence-electron chi connectivity index (χ4n) is 7.23. The molecule has 0 aromatic carbocycles. The Morgan fingerprint density at radius 2 is 0.833 bits per heavy atom. The predicted molar refractivity (Wildman–Crippen MR) is 212 cm³/mol. The van der Waals surface area contributed by atoms with Crippen molar-refractivity contribution in [1.82, 2.24) is 4.90 Å².